The summed E-state index contributed by atoms with van der Waals surface area (Å²) in [5.74, 6) is 0.287. The Morgan fingerprint density at radius 2 is 2.26 bits per heavy atom. The molecule has 5 heteroatoms. The van der Waals surface area contributed by atoms with Gasteiger partial charge in [0.15, 0.2) is 0 Å². The monoisotopic (exact) mass is 280 g/mol. The predicted molar refractivity (Wildman–Crippen MR) is 75.1 cm³/mol. The van der Waals surface area contributed by atoms with Crippen LogP contribution in [0.2, 0.25) is 0 Å². The predicted octanol–water partition coefficient (Wildman–Crippen LogP) is 3.45. The molecule has 2 rings (SSSR count). The summed E-state index contributed by atoms with van der Waals surface area (Å²) in [6.07, 6.45) is 1.79. The minimum Gasteiger partial charge on any atom is -0.488 e. The quantitative estimate of drug-likeness (QED) is 0.911. The summed E-state index contributed by atoms with van der Waals surface area (Å²) in [4.78, 5) is 5.18. The summed E-state index contributed by atoms with van der Waals surface area (Å²) >= 11 is 1.58. The fourth-order valence-electron chi connectivity index (χ4n) is 1.73. The Morgan fingerprint density at radius 3 is 2.84 bits per heavy atom. The highest BCUT2D eigenvalue weighted by Crippen LogP contribution is 2.23. The van der Waals surface area contributed by atoms with E-state index in [-0.39, 0.29) is 11.9 Å². The zero-order chi connectivity index (χ0) is 13.8. The second kappa shape index (κ2) is 6.12. The van der Waals surface area contributed by atoms with Crippen LogP contribution in [0, 0.1) is 12.7 Å². The highest BCUT2D eigenvalue weighted by Gasteiger charge is 2.10. The molecular formula is C14H17FN2OS. The maximum absolute atomic E-state index is 13.9. The summed E-state index contributed by atoms with van der Waals surface area (Å²) in [5.41, 5.74) is 0.642. The lowest BCUT2D eigenvalue weighted by Gasteiger charge is -2.13. The van der Waals surface area contributed by atoms with E-state index in [1.807, 2.05) is 13.8 Å². The van der Waals surface area contributed by atoms with Crippen molar-refractivity contribution in [1.82, 2.24) is 10.3 Å². The van der Waals surface area contributed by atoms with Gasteiger partial charge in [-0.25, -0.2) is 9.37 Å². The maximum atomic E-state index is 13.9. The molecule has 3 nitrogen and oxygen atoms in total. The minimum absolute atomic E-state index is 0.0156. The SMILES string of the molecule is CNC(C)c1ccc(OCc2cnc(C)s2)cc1F. The first-order valence-electron chi connectivity index (χ1n) is 6.11. The molecule has 0 saturated carbocycles. The van der Waals surface area contributed by atoms with Crippen LogP contribution in [0.25, 0.3) is 0 Å². The standard InChI is InChI=1S/C14H17FN2OS/c1-9(16-3)13-5-4-11(6-14(13)15)18-8-12-7-17-10(2)19-12/h4-7,9,16H,8H2,1-3H3. The molecule has 1 atom stereocenters. The first-order chi connectivity index (χ1) is 9.10. The number of halogens is 1. The van der Waals surface area contributed by atoms with E-state index in [0.717, 1.165) is 9.88 Å². The summed E-state index contributed by atoms with van der Waals surface area (Å²) in [5, 5.41) is 4.02. The van der Waals surface area contributed by atoms with Gasteiger partial charge in [-0.2, -0.15) is 0 Å². The van der Waals surface area contributed by atoms with Gasteiger partial charge in [0.2, 0.25) is 0 Å². The van der Waals surface area contributed by atoms with E-state index < -0.39 is 0 Å². The van der Waals surface area contributed by atoms with Crippen LogP contribution in [-0.2, 0) is 6.61 Å². The third-order valence-electron chi connectivity index (χ3n) is 2.92. The number of hydrogen-bond acceptors (Lipinski definition) is 4. The molecule has 0 aliphatic rings. The number of nitrogens with zero attached hydrogens (tertiary/aromatic N) is 1. The van der Waals surface area contributed by atoms with Gasteiger partial charge in [0.1, 0.15) is 18.2 Å². The van der Waals surface area contributed by atoms with E-state index in [1.165, 1.54) is 6.07 Å². The lowest BCUT2D eigenvalue weighted by Crippen LogP contribution is -2.13. The van der Waals surface area contributed by atoms with Crippen LogP contribution in [0.1, 0.15) is 28.4 Å². The Balaban J connectivity index is 2.04. The second-order valence-corrected chi connectivity index (χ2v) is 5.65. The van der Waals surface area contributed by atoms with Crippen molar-refractivity contribution in [2.75, 3.05) is 7.05 Å². The number of thiazole rings is 1. The van der Waals surface area contributed by atoms with Gasteiger partial charge in [-0.3, -0.25) is 0 Å². The minimum atomic E-state index is -0.250. The fraction of sp³-hybridized carbons (Fsp3) is 0.357. The first-order valence-corrected chi connectivity index (χ1v) is 6.92. The van der Waals surface area contributed by atoms with Crippen LogP contribution >= 0.6 is 11.3 Å². The van der Waals surface area contributed by atoms with Crippen LogP contribution in [0.4, 0.5) is 4.39 Å². The lowest BCUT2D eigenvalue weighted by molar-refractivity contribution is 0.307. The van der Waals surface area contributed by atoms with E-state index in [0.29, 0.717) is 17.9 Å². The number of hydrogen-bond donors (Lipinski definition) is 1. The second-order valence-electron chi connectivity index (χ2n) is 4.33. The smallest absolute Gasteiger partial charge is 0.131 e. The van der Waals surface area contributed by atoms with Crippen LogP contribution in [0.3, 0.4) is 0 Å². The van der Waals surface area contributed by atoms with E-state index in [4.69, 9.17) is 4.74 Å². The molecule has 19 heavy (non-hydrogen) atoms. The van der Waals surface area contributed by atoms with E-state index in [9.17, 15) is 4.39 Å². The van der Waals surface area contributed by atoms with Crippen molar-refractivity contribution in [3.8, 4) is 5.75 Å². The molecule has 2 aromatic rings. The van der Waals surface area contributed by atoms with Gasteiger partial charge in [0.05, 0.1) is 9.88 Å². The molecule has 1 heterocycles. The summed E-state index contributed by atoms with van der Waals surface area (Å²) in [7, 11) is 1.81. The number of benzene rings is 1. The zero-order valence-electron chi connectivity index (χ0n) is 11.2. The molecule has 0 spiro atoms. The van der Waals surface area contributed by atoms with Crippen molar-refractivity contribution in [2.45, 2.75) is 26.5 Å². The summed E-state index contributed by atoms with van der Waals surface area (Å²) in [6, 6.07) is 4.96. The van der Waals surface area contributed by atoms with Crippen molar-refractivity contribution in [3.63, 3.8) is 0 Å². The van der Waals surface area contributed by atoms with Gasteiger partial charge >= 0.3 is 0 Å². The van der Waals surface area contributed by atoms with E-state index in [1.54, 1.807) is 36.7 Å². The molecule has 0 aliphatic carbocycles. The summed E-state index contributed by atoms with van der Waals surface area (Å²) in [6.45, 7) is 4.28. The molecule has 0 radical (unpaired) electrons. The normalized spacial score (nSPS) is 12.4. The third kappa shape index (κ3) is 3.52. The fourth-order valence-corrected chi connectivity index (χ4v) is 2.44. The topological polar surface area (TPSA) is 34.1 Å². The van der Waals surface area contributed by atoms with Crippen LogP contribution in [0.15, 0.2) is 24.4 Å². The number of ether oxygens (including phenoxy) is 1. The van der Waals surface area contributed by atoms with Crippen LogP contribution < -0.4 is 10.1 Å². The Labute approximate surface area is 116 Å². The lowest BCUT2D eigenvalue weighted by atomic mass is 10.1. The number of aromatic nitrogens is 1. The summed E-state index contributed by atoms with van der Waals surface area (Å²) < 4.78 is 19.5. The van der Waals surface area contributed by atoms with Crippen molar-refractivity contribution < 1.29 is 9.13 Å². The maximum Gasteiger partial charge on any atom is 0.131 e. The van der Waals surface area contributed by atoms with E-state index in [2.05, 4.69) is 10.3 Å². The third-order valence-corrected chi connectivity index (χ3v) is 3.81. The number of nitrogens with one attached hydrogen (secondary N) is 1. The van der Waals surface area contributed by atoms with E-state index >= 15 is 0 Å². The molecule has 1 aromatic carbocycles. The van der Waals surface area contributed by atoms with Crippen LogP contribution in [-0.4, -0.2) is 12.0 Å². The molecular weight excluding hydrogens is 263 g/mol. The highest BCUT2D eigenvalue weighted by atomic mass is 32.1. The molecule has 1 unspecified atom stereocenters. The number of aryl methyl sites for hydroxylation is 1. The molecule has 0 fully saturated rings. The first kappa shape index (κ1) is 14.0. The Kier molecular flexibility index (Phi) is 4.50. The van der Waals surface area contributed by atoms with Crippen LogP contribution in [0.5, 0.6) is 5.75 Å². The highest BCUT2D eigenvalue weighted by molar-refractivity contribution is 7.11. The molecule has 0 aliphatic heterocycles. The van der Waals surface area contributed by atoms with Crippen molar-refractivity contribution in [3.05, 3.63) is 45.7 Å². The Morgan fingerprint density at radius 1 is 1.47 bits per heavy atom. The molecule has 1 aromatic heterocycles. The largest absolute Gasteiger partial charge is 0.488 e. The average Bonchev–Trinajstić information content (AvgIpc) is 2.81. The molecule has 0 amide bonds. The molecule has 0 bridgehead atoms. The Hall–Kier alpha value is -1.46. The van der Waals surface area contributed by atoms with Gasteiger partial charge < -0.3 is 10.1 Å². The Bertz CT molecular complexity index is 556. The van der Waals surface area contributed by atoms with Gasteiger partial charge in [-0.05, 0) is 27.0 Å². The zero-order valence-corrected chi connectivity index (χ0v) is 12.1. The van der Waals surface area contributed by atoms with Crippen molar-refractivity contribution in [2.24, 2.45) is 0 Å². The van der Waals surface area contributed by atoms with Crippen molar-refractivity contribution >= 4 is 11.3 Å². The molecule has 1 N–H and O–H groups in total. The molecule has 102 valence electrons. The van der Waals surface area contributed by atoms with Gasteiger partial charge in [-0.1, -0.05) is 6.07 Å². The number of rotatable bonds is 5. The van der Waals surface area contributed by atoms with Crippen molar-refractivity contribution in [1.29, 1.82) is 0 Å². The molecule has 0 saturated heterocycles. The average molecular weight is 280 g/mol. The van der Waals surface area contributed by atoms with Gasteiger partial charge in [0.25, 0.3) is 0 Å². The van der Waals surface area contributed by atoms with Gasteiger partial charge in [-0.15, -0.1) is 11.3 Å². The van der Waals surface area contributed by atoms with Gasteiger partial charge in [0, 0.05) is 23.9 Å².